The van der Waals surface area contributed by atoms with E-state index in [4.69, 9.17) is 22.9 Å². The van der Waals surface area contributed by atoms with Crippen molar-refractivity contribution in [2.24, 2.45) is 11.8 Å². The first-order valence-corrected chi connectivity index (χ1v) is 10.1. The molecule has 2 atom stereocenters. The third-order valence-electron chi connectivity index (χ3n) is 6.47. The van der Waals surface area contributed by atoms with E-state index in [2.05, 4.69) is 9.83 Å². The molecule has 1 aromatic heterocycles. The van der Waals surface area contributed by atoms with Gasteiger partial charge in [-0.15, -0.1) is 0 Å². The van der Waals surface area contributed by atoms with Crippen molar-refractivity contribution in [2.45, 2.75) is 44.4 Å². The zero-order valence-corrected chi connectivity index (χ0v) is 16.1. The fourth-order valence-corrected chi connectivity index (χ4v) is 5.40. The number of aromatic nitrogens is 1. The predicted molar refractivity (Wildman–Crippen MR) is 105 cm³/mol. The lowest BCUT2D eigenvalue weighted by Gasteiger charge is -2.25. The van der Waals surface area contributed by atoms with E-state index in [9.17, 15) is 4.79 Å². The maximum absolute atomic E-state index is 12.7. The van der Waals surface area contributed by atoms with Gasteiger partial charge in [0.1, 0.15) is 5.75 Å². The summed E-state index contributed by atoms with van der Waals surface area (Å²) < 4.78 is 6.15. The molecule has 3 aliphatic rings. The van der Waals surface area contributed by atoms with Gasteiger partial charge in [0, 0.05) is 25.0 Å². The average molecular weight is 394 g/mol. The summed E-state index contributed by atoms with van der Waals surface area (Å²) in [5.74, 6) is 2.07. The van der Waals surface area contributed by atoms with Crippen molar-refractivity contribution in [1.82, 2.24) is 9.88 Å². The maximum Gasteiger partial charge on any atom is 0.256 e. The third-order valence-corrected chi connectivity index (χ3v) is 6.78. The molecule has 0 radical (unpaired) electrons. The van der Waals surface area contributed by atoms with Gasteiger partial charge in [0.05, 0.1) is 23.3 Å². The molecule has 142 valence electrons. The van der Waals surface area contributed by atoms with Crippen LogP contribution in [0.25, 0.3) is 4.85 Å². The van der Waals surface area contributed by atoms with Crippen LogP contribution in [0.4, 0.5) is 5.69 Å². The lowest BCUT2D eigenvalue weighted by molar-refractivity contribution is 0.0693. The zero-order chi connectivity index (χ0) is 19.3. The number of ether oxygens (including phenoxy) is 1. The number of carbonyl (C=O) groups excluding carboxylic acids is 1. The molecule has 1 amide bonds. The molecule has 0 N–H and O–H groups in total. The Balaban J connectivity index is 1.21. The summed E-state index contributed by atoms with van der Waals surface area (Å²) in [6.45, 7) is 7.79. The summed E-state index contributed by atoms with van der Waals surface area (Å²) in [6.07, 6.45) is 7.77. The second kappa shape index (κ2) is 6.79. The molecule has 0 bridgehead atoms. The minimum absolute atomic E-state index is 0.135. The standard InChI is InChI=1S/C22H20ClN3O2/c1-24-21-3-2-17(10-20(21)23)28-18-8-14-6-16(7-15(14)9-18)26-12-13-4-5-25-11-19(13)22(26)27/h2-5,10-11,14-16,18H,6-9,12H2. The Morgan fingerprint density at radius 3 is 2.64 bits per heavy atom. The van der Waals surface area contributed by atoms with Crippen molar-refractivity contribution in [3.8, 4) is 5.75 Å². The number of benzene rings is 1. The van der Waals surface area contributed by atoms with E-state index in [1.165, 1.54) is 0 Å². The highest BCUT2D eigenvalue weighted by molar-refractivity contribution is 6.33. The SMILES string of the molecule is [C-]#[N+]c1ccc(OC2CC3CC(N4Cc5ccncc5C4=O)CC3C2)cc1Cl. The van der Waals surface area contributed by atoms with Crippen molar-refractivity contribution in [2.75, 3.05) is 0 Å². The van der Waals surface area contributed by atoms with Crippen LogP contribution in [0.15, 0.2) is 36.7 Å². The molecule has 1 aliphatic heterocycles. The minimum atomic E-state index is 0.135. The Labute approximate surface area is 169 Å². The topological polar surface area (TPSA) is 46.8 Å². The summed E-state index contributed by atoms with van der Waals surface area (Å²) in [7, 11) is 0. The quantitative estimate of drug-likeness (QED) is 0.698. The van der Waals surface area contributed by atoms with Crippen LogP contribution in [0, 0.1) is 18.4 Å². The minimum Gasteiger partial charge on any atom is -0.490 e. The van der Waals surface area contributed by atoms with E-state index in [1.54, 1.807) is 24.5 Å². The Morgan fingerprint density at radius 1 is 1.18 bits per heavy atom. The second-order valence-corrected chi connectivity index (χ2v) is 8.45. The maximum atomic E-state index is 12.7. The third kappa shape index (κ3) is 2.93. The molecule has 2 aromatic rings. The van der Waals surface area contributed by atoms with Crippen LogP contribution in [0.1, 0.15) is 41.6 Å². The number of pyridine rings is 1. The van der Waals surface area contributed by atoms with Gasteiger partial charge in [-0.25, -0.2) is 4.85 Å². The summed E-state index contributed by atoms with van der Waals surface area (Å²) in [4.78, 5) is 22.3. The largest absolute Gasteiger partial charge is 0.490 e. The molecule has 5 nitrogen and oxygen atoms in total. The van der Waals surface area contributed by atoms with Crippen molar-refractivity contribution < 1.29 is 9.53 Å². The Bertz CT molecular complexity index is 972. The zero-order valence-electron chi connectivity index (χ0n) is 15.3. The average Bonchev–Trinajstić information content (AvgIpc) is 3.34. The van der Waals surface area contributed by atoms with Crippen LogP contribution in [0.2, 0.25) is 5.02 Å². The summed E-state index contributed by atoms with van der Waals surface area (Å²) >= 11 is 6.12. The summed E-state index contributed by atoms with van der Waals surface area (Å²) in [6, 6.07) is 7.55. The highest BCUT2D eigenvalue weighted by Gasteiger charge is 2.46. The number of hydrogen-bond donors (Lipinski definition) is 0. The molecule has 5 rings (SSSR count). The number of hydrogen-bond acceptors (Lipinski definition) is 3. The van der Waals surface area contributed by atoms with Crippen LogP contribution in [0.3, 0.4) is 0 Å². The normalized spacial score (nSPS) is 28.1. The molecule has 28 heavy (non-hydrogen) atoms. The van der Waals surface area contributed by atoms with E-state index < -0.39 is 0 Å². The molecular formula is C22H20ClN3O2. The first-order valence-electron chi connectivity index (χ1n) is 9.70. The second-order valence-electron chi connectivity index (χ2n) is 8.05. The van der Waals surface area contributed by atoms with Gasteiger partial charge < -0.3 is 9.64 Å². The lowest BCUT2D eigenvalue weighted by Crippen LogP contribution is -2.34. The van der Waals surface area contributed by atoms with Crippen LogP contribution in [-0.2, 0) is 6.54 Å². The first kappa shape index (κ1) is 17.5. The Kier molecular flexibility index (Phi) is 4.25. The van der Waals surface area contributed by atoms with E-state index in [0.29, 0.717) is 35.1 Å². The van der Waals surface area contributed by atoms with E-state index in [0.717, 1.165) is 42.6 Å². The molecule has 0 saturated heterocycles. The lowest BCUT2D eigenvalue weighted by atomic mass is 10.0. The number of halogens is 1. The van der Waals surface area contributed by atoms with Gasteiger partial charge in [-0.05, 0) is 61.3 Å². The Morgan fingerprint density at radius 2 is 1.96 bits per heavy atom. The smallest absolute Gasteiger partial charge is 0.256 e. The van der Waals surface area contributed by atoms with Gasteiger partial charge in [0.2, 0.25) is 5.69 Å². The summed E-state index contributed by atoms with van der Waals surface area (Å²) in [5.41, 5.74) is 2.31. The molecule has 1 aromatic carbocycles. The highest BCUT2D eigenvalue weighted by atomic mass is 35.5. The van der Waals surface area contributed by atoms with Gasteiger partial charge in [0.15, 0.2) is 0 Å². The first-order chi connectivity index (χ1) is 13.6. The number of amides is 1. The Hall–Kier alpha value is -2.58. The van der Waals surface area contributed by atoms with Gasteiger partial charge in [0.25, 0.3) is 5.91 Å². The number of rotatable bonds is 3. The van der Waals surface area contributed by atoms with Crippen molar-refractivity contribution in [3.63, 3.8) is 0 Å². The molecule has 2 aliphatic carbocycles. The van der Waals surface area contributed by atoms with E-state index in [1.807, 2.05) is 17.0 Å². The van der Waals surface area contributed by atoms with Crippen molar-refractivity contribution in [1.29, 1.82) is 0 Å². The molecule has 6 heteroatoms. The van der Waals surface area contributed by atoms with Crippen LogP contribution < -0.4 is 4.74 Å². The molecule has 0 spiro atoms. The van der Waals surface area contributed by atoms with Gasteiger partial charge >= 0.3 is 0 Å². The summed E-state index contributed by atoms with van der Waals surface area (Å²) in [5, 5.41) is 0.437. The molecule has 2 unspecified atom stereocenters. The highest BCUT2D eigenvalue weighted by Crippen LogP contribution is 2.48. The van der Waals surface area contributed by atoms with Gasteiger partial charge in [-0.3, -0.25) is 9.78 Å². The molecule has 2 fully saturated rings. The van der Waals surface area contributed by atoms with Crippen molar-refractivity contribution >= 4 is 23.2 Å². The number of nitrogens with zero attached hydrogens (tertiary/aromatic N) is 3. The van der Waals surface area contributed by atoms with E-state index in [-0.39, 0.29) is 12.0 Å². The van der Waals surface area contributed by atoms with Gasteiger partial charge in [-0.1, -0.05) is 17.7 Å². The van der Waals surface area contributed by atoms with Crippen LogP contribution in [0.5, 0.6) is 5.75 Å². The van der Waals surface area contributed by atoms with Gasteiger partial charge in [-0.2, -0.15) is 0 Å². The fraction of sp³-hybridized carbons (Fsp3) is 0.409. The number of carbonyl (C=O) groups is 1. The molecular weight excluding hydrogens is 374 g/mol. The van der Waals surface area contributed by atoms with Crippen LogP contribution in [-0.4, -0.2) is 27.9 Å². The predicted octanol–water partition coefficient (Wildman–Crippen LogP) is 4.88. The molecule has 2 saturated carbocycles. The fourth-order valence-electron chi connectivity index (χ4n) is 5.18. The van der Waals surface area contributed by atoms with Crippen molar-refractivity contribution in [3.05, 3.63) is 64.2 Å². The monoisotopic (exact) mass is 393 g/mol. The molecule has 2 heterocycles. The number of fused-ring (bicyclic) bond motifs is 2. The van der Waals surface area contributed by atoms with E-state index >= 15 is 0 Å². The van der Waals surface area contributed by atoms with Crippen LogP contribution >= 0.6 is 11.6 Å².